The highest BCUT2D eigenvalue weighted by Crippen LogP contribution is 2.52. The molecule has 0 aromatic heterocycles. The fourth-order valence-corrected chi connectivity index (χ4v) is 6.47. The lowest BCUT2D eigenvalue weighted by Gasteiger charge is -2.44. The highest BCUT2D eigenvalue weighted by molar-refractivity contribution is 9.11. The Hall–Kier alpha value is -2.19. The molecule has 0 saturated heterocycles. The summed E-state index contributed by atoms with van der Waals surface area (Å²) in [7, 11) is 0. The van der Waals surface area contributed by atoms with Crippen molar-refractivity contribution >= 4 is 49.4 Å². The number of rotatable bonds is 7. The Labute approximate surface area is 209 Å². The number of halogens is 2. The van der Waals surface area contributed by atoms with Gasteiger partial charge in [-0.15, -0.1) is 0 Å². The van der Waals surface area contributed by atoms with E-state index in [-0.39, 0.29) is 31.1 Å². The van der Waals surface area contributed by atoms with E-state index < -0.39 is 11.9 Å². The van der Waals surface area contributed by atoms with Gasteiger partial charge in [-0.2, -0.15) is 0 Å². The Kier molecular flexibility index (Phi) is 7.24. The maximum absolute atomic E-state index is 13.4. The molecule has 0 amide bonds. The van der Waals surface area contributed by atoms with Crippen LogP contribution in [0.15, 0.2) is 56.3 Å². The number of ether oxygens (including phenoxy) is 1. The zero-order valence-electron chi connectivity index (χ0n) is 18.2. The van der Waals surface area contributed by atoms with Gasteiger partial charge in [0.25, 0.3) is 0 Å². The number of allylic oxidation sites excluding steroid dienone is 4. The first kappa shape index (κ1) is 24.0. The van der Waals surface area contributed by atoms with Crippen molar-refractivity contribution in [1.82, 2.24) is 4.90 Å². The Balaban J connectivity index is 1.97. The van der Waals surface area contributed by atoms with Crippen LogP contribution in [0.1, 0.15) is 56.4 Å². The molecule has 0 atom stereocenters. The summed E-state index contributed by atoms with van der Waals surface area (Å²) in [5.74, 6) is -0.834. The lowest BCUT2D eigenvalue weighted by molar-refractivity contribution is -0.137. The Morgan fingerprint density at radius 1 is 1.09 bits per heavy atom. The molecule has 1 aliphatic heterocycles. The maximum Gasteiger partial charge on any atom is 0.305 e. The van der Waals surface area contributed by atoms with Crippen LogP contribution in [0.25, 0.3) is 0 Å². The number of benzene rings is 1. The minimum Gasteiger partial charge on any atom is -0.488 e. The summed E-state index contributed by atoms with van der Waals surface area (Å²) >= 11 is 7.14. The van der Waals surface area contributed by atoms with Crippen LogP contribution in [0.3, 0.4) is 0 Å². The maximum atomic E-state index is 13.4. The number of aliphatic carboxylic acids is 1. The zero-order chi connectivity index (χ0) is 23.7. The van der Waals surface area contributed by atoms with Crippen LogP contribution in [0.2, 0.25) is 0 Å². The molecular formula is C25H25Br2NO5. The highest BCUT2D eigenvalue weighted by Gasteiger charge is 2.44. The van der Waals surface area contributed by atoms with Crippen molar-refractivity contribution in [2.75, 3.05) is 13.2 Å². The molecule has 0 unspecified atom stereocenters. The summed E-state index contributed by atoms with van der Waals surface area (Å²) in [5.41, 5.74) is 3.68. The highest BCUT2D eigenvalue weighted by atomic mass is 79.9. The van der Waals surface area contributed by atoms with Gasteiger partial charge in [0.2, 0.25) is 0 Å². The van der Waals surface area contributed by atoms with Crippen molar-refractivity contribution in [1.29, 1.82) is 0 Å². The molecule has 3 aliphatic rings. The van der Waals surface area contributed by atoms with Gasteiger partial charge in [-0.3, -0.25) is 14.4 Å². The van der Waals surface area contributed by atoms with Gasteiger partial charge in [0, 0.05) is 57.9 Å². The Morgan fingerprint density at radius 3 is 2.24 bits per heavy atom. The van der Waals surface area contributed by atoms with Gasteiger partial charge in [-0.25, -0.2) is 0 Å². The first-order chi connectivity index (χ1) is 15.8. The normalized spacial score (nSPS) is 18.9. The van der Waals surface area contributed by atoms with Crippen LogP contribution in [0.4, 0.5) is 0 Å². The second-order valence-electron chi connectivity index (χ2n) is 8.41. The number of carbonyl (C=O) groups is 3. The third-order valence-corrected chi connectivity index (χ3v) is 7.38. The summed E-state index contributed by atoms with van der Waals surface area (Å²) in [6, 6.07) is 3.79. The molecule has 0 spiro atoms. The standard InChI is InChI=1S/C25H25Br2NO5/c1-2-11-33-25-15(12-14(26)13-16(25)27)22-23-17(5-3-7-19(23)29)28(10-9-21(31)32)18-6-4-8-20(30)24(18)22/h2,12-13,22H,1,3-11H2,(H,31,32). The first-order valence-electron chi connectivity index (χ1n) is 11.1. The third kappa shape index (κ3) is 4.60. The lowest BCUT2D eigenvalue weighted by Crippen LogP contribution is -2.40. The number of hydrogen-bond donors (Lipinski definition) is 1. The largest absolute Gasteiger partial charge is 0.488 e. The Bertz CT molecular complexity index is 1060. The van der Waals surface area contributed by atoms with Crippen molar-refractivity contribution in [3.8, 4) is 5.75 Å². The number of carboxylic acids is 1. The van der Waals surface area contributed by atoms with E-state index in [1.807, 2.05) is 17.0 Å². The van der Waals surface area contributed by atoms with E-state index >= 15 is 0 Å². The fourth-order valence-electron chi connectivity index (χ4n) is 5.09. The zero-order valence-corrected chi connectivity index (χ0v) is 21.3. The number of carbonyl (C=O) groups excluding carboxylic acids is 2. The predicted molar refractivity (Wildman–Crippen MR) is 131 cm³/mol. The lowest BCUT2D eigenvalue weighted by atomic mass is 9.70. The SMILES string of the molecule is C=CCOc1c(Br)cc(Br)cc1C1C2=C(CCCC2=O)N(CCC(=O)O)C2=C1C(=O)CCC2. The molecule has 0 bridgehead atoms. The van der Waals surface area contributed by atoms with Gasteiger partial charge in [-0.05, 0) is 53.7 Å². The van der Waals surface area contributed by atoms with Gasteiger partial charge in [0.15, 0.2) is 11.6 Å². The van der Waals surface area contributed by atoms with Crippen molar-refractivity contribution in [3.63, 3.8) is 0 Å². The summed E-state index contributed by atoms with van der Waals surface area (Å²) in [4.78, 5) is 40.0. The number of hydrogen-bond acceptors (Lipinski definition) is 5. The van der Waals surface area contributed by atoms with Gasteiger partial charge < -0.3 is 14.7 Å². The molecule has 8 heteroatoms. The molecule has 1 aromatic rings. The molecule has 1 heterocycles. The van der Waals surface area contributed by atoms with E-state index in [0.29, 0.717) is 55.4 Å². The predicted octanol–water partition coefficient (Wildman–Crippen LogP) is 5.66. The van der Waals surface area contributed by atoms with Crippen molar-refractivity contribution in [2.24, 2.45) is 0 Å². The van der Waals surface area contributed by atoms with Crippen molar-refractivity contribution in [2.45, 2.75) is 50.9 Å². The molecule has 0 radical (unpaired) electrons. The van der Waals surface area contributed by atoms with Crippen LogP contribution in [-0.2, 0) is 14.4 Å². The van der Waals surface area contributed by atoms with Gasteiger partial charge in [-0.1, -0.05) is 28.6 Å². The van der Waals surface area contributed by atoms with E-state index in [1.165, 1.54) is 0 Å². The van der Waals surface area contributed by atoms with Crippen LogP contribution in [-0.4, -0.2) is 40.7 Å². The number of carboxylic acid groups (broad SMARTS) is 1. The summed E-state index contributed by atoms with van der Waals surface area (Å²) < 4.78 is 7.54. The molecule has 1 aromatic carbocycles. The monoisotopic (exact) mass is 577 g/mol. The quantitative estimate of drug-likeness (QED) is 0.420. The van der Waals surface area contributed by atoms with Crippen molar-refractivity contribution in [3.05, 3.63) is 61.8 Å². The van der Waals surface area contributed by atoms with E-state index in [2.05, 4.69) is 38.4 Å². The van der Waals surface area contributed by atoms with Crippen LogP contribution in [0, 0.1) is 0 Å². The molecule has 0 fully saturated rings. The van der Waals surface area contributed by atoms with E-state index in [0.717, 1.165) is 25.9 Å². The summed E-state index contributed by atoms with van der Waals surface area (Å²) in [6.07, 6.45) is 5.21. The number of ketones is 2. The average Bonchev–Trinajstić information content (AvgIpc) is 2.76. The third-order valence-electron chi connectivity index (χ3n) is 6.33. The van der Waals surface area contributed by atoms with E-state index in [4.69, 9.17) is 4.74 Å². The second-order valence-corrected chi connectivity index (χ2v) is 10.2. The van der Waals surface area contributed by atoms with E-state index in [9.17, 15) is 19.5 Å². The fraction of sp³-hybridized carbons (Fsp3) is 0.400. The molecule has 6 nitrogen and oxygen atoms in total. The molecule has 1 N–H and O–H groups in total. The first-order valence-corrected chi connectivity index (χ1v) is 12.7. The van der Waals surface area contributed by atoms with E-state index in [1.54, 1.807) is 6.08 Å². The van der Waals surface area contributed by atoms with Gasteiger partial charge in [0.1, 0.15) is 12.4 Å². The molecule has 174 valence electrons. The topological polar surface area (TPSA) is 83.9 Å². The Morgan fingerprint density at radius 2 is 1.70 bits per heavy atom. The van der Waals surface area contributed by atoms with Crippen LogP contribution in [0.5, 0.6) is 5.75 Å². The second kappa shape index (κ2) is 9.97. The molecule has 4 rings (SSSR count). The molecule has 2 aliphatic carbocycles. The summed E-state index contributed by atoms with van der Waals surface area (Å²) in [6.45, 7) is 4.27. The molecule has 0 saturated carbocycles. The van der Waals surface area contributed by atoms with Crippen LogP contribution >= 0.6 is 31.9 Å². The molecular weight excluding hydrogens is 554 g/mol. The minimum absolute atomic E-state index is 0.0114. The van der Waals surface area contributed by atoms with Gasteiger partial charge >= 0.3 is 5.97 Å². The minimum atomic E-state index is -0.901. The molecule has 33 heavy (non-hydrogen) atoms. The number of nitrogens with zero attached hydrogens (tertiary/aromatic N) is 1. The van der Waals surface area contributed by atoms with Crippen LogP contribution < -0.4 is 4.74 Å². The summed E-state index contributed by atoms with van der Waals surface area (Å²) in [5, 5.41) is 9.32. The average molecular weight is 579 g/mol. The smallest absolute Gasteiger partial charge is 0.305 e. The van der Waals surface area contributed by atoms with Crippen molar-refractivity contribution < 1.29 is 24.2 Å². The number of Topliss-reactive ketones (excluding diaryl/α,β-unsaturated/α-hetero) is 2. The van der Waals surface area contributed by atoms with Gasteiger partial charge in [0.05, 0.1) is 10.9 Å².